The third-order valence-corrected chi connectivity index (χ3v) is 3.52. The minimum absolute atomic E-state index is 0.0159. The second-order valence-electron chi connectivity index (χ2n) is 5.38. The predicted octanol–water partition coefficient (Wildman–Crippen LogP) is 1.86. The van der Waals surface area contributed by atoms with Gasteiger partial charge in [0.1, 0.15) is 5.82 Å². The third kappa shape index (κ3) is 2.92. The Bertz CT molecular complexity index is 657. The smallest absolute Gasteiger partial charge is 0.246 e. The van der Waals surface area contributed by atoms with Crippen molar-refractivity contribution in [2.24, 2.45) is 5.92 Å². The number of anilines is 1. The fourth-order valence-corrected chi connectivity index (χ4v) is 2.39. The van der Waals surface area contributed by atoms with E-state index in [1.54, 1.807) is 0 Å². The molecule has 1 atom stereocenters. The van der Waals surface area contributed by atoms with Crippen molar-refractivity contribution in [3.63, 3.8) is 0 Å². The molecule has 3 rings (SSSR count). The van der Waals surface area contributed by atoms with Crippen molar-refractivity contribution in [3.8, 4) is 0 Å². The van der Waals surface area contributed by atoms with Crippen LogP contribution >= 0.6 is 0 Å². The molecule has 2 heterocycles. The van der Waals surface area contributed by atoms with E-state index < -0.39 is 0 Å². The van der Waals surface area contributed by atoms with Gasteiger partial charge < -0.3 is 0 Å². The fourth-order valence-electron chi connectivity index (χ4n) is 2.39. The van der Waals surface area contributed by atoms with Gasteiger partial charge in [-0.1, -0.05) is 37.3 Å². The third-order valence-electron chi connectivity index (χ3n) is 3.52. The number of nitrogens with zero attached hydrogens (tertiary/aromatic N) is 3. The number of aromatic nitrogens is 2. The van der Waals surface area contributed by atoms with E-state index in [0.717, 1.165) is 17.1 Å². The molecular formula is C16H18N4O. The first kappa shape index (κ1) is 13.7. The van der Waals surface area contributed by atoms with E-state index in [1.807, 2.05) is 50.2 Å². The summed E-state index contributed by atoms with van der Waals surface area (Å²) in [5.41, 5.74) is 5.10. The molecule has 0 spiro atoms. The minimum Gasteiger partial charge on any atom is -0.273 e. The molecule has 1 unspecified atom stereocenters. The van der Waals surface area contributed by atoms with Crippen LogP contribution < -0.4 is 10.4 Å². The molecule has 1 aliphatic rings. The summed E-state index contributed by atoms with van der Waals surface area (Å²) in [6, 6.07) is 11.9. The summed E-state index contributed by atoms with van der Waals surface area (Å²) < 4.78 is 0. The highest BCUT2D eigenvalue weighted by molar-refractivity contribution is 5.95. The second-order valence-corrected chi connectivity index (χ2v) is 5.38. The molecular weight excluding hydrogens is 264 g/mol. The van der Waals surface area contributed by atoms with Gasteiger partial charge in [-0.15, -0.1) is 0 Å². The summed E-state index contributed by atoms with van der Waals surface area (Å²) in [6.45, 7) is 4.48. The summed E-state index contributed by atoms with van der Waals surface area (Å²) in [4.78, 5) is 21.1. The van der Waals surface area contributed by atoms with Crippen LogP contribution in [0.1, 0.15) is 24.0 Å². The minimum atomic E-state index is -0.0159. The van der Waals surface area contributed by atoms with Crippen LogP contribution in [0.2, 0.25) is 0 Å². The molecule has 0 saturated carbocycles. The van der Waals surface area contributed by atoms with E-state index in [-0.39, 0.29) is 11.8 Å². The van der Waals surface area contributed by atoms with Crippen molar-refractivity contribution in [1.29, 1.82) is 0 Å². The number of amides is 1. The predicted molar refractivity (Wildman–Crippen MR) is 80.7 cm³/mol. The summed E-state index contributed by atoms with van der Waals surface area (Å²) >= 11 is 0. The number of hydrazine groups is 1. The van der Waals surface area contributed by atoms with Crippen molar-refractivity contribution in [1.82, 2.24) is 15.4 Å². The zero-order valence-corrected chi connectivity index (χ0v) is 12.2. The molecule has 108 valence electrons. The molecule has 0 bridgehead atoms. The molecule has 1 aromatic carbocycles. The first-order valence-corrected chi connectivity index (χ1v) is 7.09. The average molecular weight is 282 g/mol. The number of hydrogen-bond acceptors (Lipinski definition) is 4. The lowest BCUT2D eigenvalue weighted by molar-refractivity contribution is -0.119. The zero-order valence-electron chi connectivity index (χ0n) is 12.2. The van der Waals surface area contributed by atoms with Crippen molar-refractivity contribution < 1.29 is 4.79 Å². The number of carbonyl (C=O) groups excluding carboxylic acids is 1. The first-order chi connectivity index (χ1) is 10.1. The number of carbonyl (C=O) groups is 1. The Labute approximate surface area is 124 Å². The van der Waals surface area contributed by atoms with Crippen LogP contribution in [0.25, 0.3) is 0 Å². The second kappa shape index (κ2) is 5.61. The van der Waals surface area contributed by atoms with Crippen molar-refractivity contribution in [3.05, 3.63) is 53.5 Å². The maximum Gasteiger partial charge on any atom is 0.246 e. The Morgan fingerprint density at radius 3 is 2.71 bits per heavy atom. The number of aryl methyl sites for hydroxylation is 1. The molecule has 5 heteroatoms. The summed E-state index contributed by atoms with van der Waals surface area (Å²) in [5.74, 6) is 1.39. The summed E-state index contributed by atoms with van der Waals surface area (Å²) in [6.07, 6.45) is 0.660. The number of hydrogen-bond donors (Lipinski definition) is 1. The van der Waals surface area contributed by atoms with E-state index in [1.165, 1.54) is 5.01 Å². The van der Waals surface area contributed by atoms with E-state index in [4.69, 9.17) is 0 Å². The summed E-state index contributed by atoms with van der Waals surface area (Å²) in [7, 11) is 0. The first-order valence-electron chi connectivity index (χ1n) is 7.09. The van der Waals surface area contributed by atoms with Gasteiger partial charge in [0.15, 0.2) is 5.82 Å². The lowest BCUT2D eigenvalue weighted by Crippen LogP contribution is -2.35. The van der Waals surface area contributed by atoms with Gasteiger partial charge >= 0.3 is 0 Å². The quantitative estimate of drug-likeness (QED) is 0.933. The van der Waals surface area contributed by atoms with Gasteiger partial charge in [0.2, 0.25) is 5.91 Å². The van der Waals surface area contributed by atoms with Gasteiger partial charge in [-0.3, -0.25) is 4.79 Å². The standard InChI is InChI=1S/C16H18N4O/c1-11-10-17-20(16(11)21)15-8-12(2)18-14(19-15)9-13-6-4-3-5-7-13/h3-8,11,17H,9-10H2,1-2H3. The largest absolute Gasteiger partial charge is 0.273 e. The topological polar surface area (TPSA) is 58.1 Å². The highest BCUT2D eigenvalue weighted by Crippen LogP contribution is 2.18. The number of rotatable bonds is 3. The molecule has 1 aromatic heterocycles. The SMILES string of the molecule is Cc1cc(N2NCC(C)C2=O)nc(Cc2ccccc2)n1. The van der Waals surface area contributed by atoms with Crippen LogP contribution in [0.5, 0.6) is 0 Å². The molecule has 2 aromatic rings. The Morgan fingerprint density at radius 2 is 2.05 bits per heavy atom. The summed E-state index contributed by atoms with van der Waals surface area (Å²) in [5, 5.41) is 1.54. The monoisotopic (exact) mass is 282 g/mol. The molecule has 5 nitrogen and oxygen atoms in total. The van der Waals surface area contributed by atoms with Crippen molar-refractivity contribution in [2.45, 2.75) is 20.3 Å². The lowest BCUT2D eigenvalue weighted by atomic mass is 10.1. The van der Waals surface area contributed by atoms with Crippen LogP contribution in [0.4, 0.5) is 5.82 Å². The average Bonchev–Trinajstić information content (AvgIpc) is 2.79. The highest BCUT2D eigenvalue weighted by atomic mass is 16.2. The van der Waals surface area contributed by atoms with Crippen LogP contribution in [-0.4, -0.2) is 22.4 Å². The van der Waals surface area contributed by atoms with E-state index in [0.29, 0.717) is 18.8 Å². The Hall–Kier alpha value is -2.27. The molecule has 0 radical (unpaired) electrons. The maximum atomic E-state index is 12.1. The molecule has 1 fully saturated rings. The number of benzene rings is 1. The van der Waals surface area contributed by atoms with Gasteiger partial charge in [-0.25, -0.2) is 20.4 Å². The van der Waals surface area contributed by atoms with Gasteiger partial charge in [-0.05, 0) is 12.5 Å². The van der Waals surface area contributed by atoms with Gasteiger partial charge in [0, 0.05) is 24.7 Å². The van der Waals surface area contributed by atoms with E-state index >= 15 is 0 Å². The van der Waals surface area contributed by atoms with Crippen molar-refractivity contribution in [2.75, 3.05) is 11.6 Å². The Morgan fingerprint density at radius 1 is 1.29 bits per heavy atom. The van der Waals surface area contributed by atoms with Crippen LogP contribution in [0.15, 0.2) is 36.4 Å². The Kier molecular flexibility index (Phi) is 3.66. The van der Waals surface area contributed by atoms with Crippen molar-refractivity contribution >= 4 is 11.7 Å². The highest BCUT2D eigenvalue weighted by Gasteiger charge is 2.30. The molecule has 1 aliphatic heterocycles. The molecule has 1 saturated heterocycles. The Balaban J connectivity index is 1.88. The fraction of sp³-hybridized carbons (Fsp3) is 0.312. The van der Waals surface area contributed by atoms with E-state index in [2.05, 4.69) is 15.4 Å². The molecule has 21 heavy (non-hydrogen) atoms. The van der Waals surface area contributed by atoms with E-state index in [9.17, 15) is 4.79 Å². The van der Waals surface area contributed by atoms with Crippen LogP contribution in [0.3, 0.4) is 0 Å². The molecule has 1 amide bonds. The normalized spacial score (nSPS) is 18.3. The maximum absolute atomic E-state index is 12.1. The van der Waals surface area contributed by atoms with Gasteiger partial charge in [0.05, 0.1) is 5.92 Å². The lowest BCUT2D eigenvalue weighted by Gasteiger charge is -2.16. The molecule has 1 N–H and O–H groups in total. The molecule has 0 aliphatic carbocycles. The number of nitrogens with one attached hydrogen (secondary N) is 1. The van der Waals surface area contributed by atoms with Crippen LogP contribution in [-0.2, 0) is 11.2 Å². The van der Waals surface area contributed by atoms with Crippen LogP contribution in [0, 0.1) is 12.8 Å². The van der Waals surface area contributed by atoms with Gasteiger partial charge in [-0.2, -0.15) is 0 Å². The zero-order chi connectivity index (χ0) is 14.8. The van der Waals surface area contributed by atoms with Gasteiger partial charge in [0.25, 0.3) is 0 Å².